The fourth-order valence-corrected chi connectivity index (χ4v) is 5.48. The number of nitrogens with zero attached hydrogens (tertiary/aromatic N) is 6. The number of hydrogen-bond acceptors (Lipinski definition) is 7. The highest BCUT2D eigenvalue weighted by atomic mass is 32.2. The first-order valence-electron chi connectivity index (χ1n) is 13.8. The van der Waals surface area contributed by atoms with Crippen molar-refractivity contribution in [3.8, 4) is 28.9 Å². The number of benzene rings is 3. The second-order valence-corrected chi connectivity index (χ2v) is 10.9. The maximum Gasteiger partial charge on any atom is 0.573 e. The molecule has 2 heterocycles. The Labute approximate surface area is 260 Å². The molecular formula is C31H26F3N7O3S. The van der Waals surface area contributed by atoms with Gasteiger partial charge in [0.15, 0.2) is 11.0 Å². The second kappa shape index (κ2) is 13.2. The summed E-state index contributed by atoms with van der Waals surface area (Å²) in [7, 11) is 0. The fraction of sp³-hybridized carbons (Fsp3) is 0.226. The van der Waals surface area contributed by atoms with Crippen LogP contribution in [-0.2, 0) is 11.2 Å². The largest absolute Gasteiger partial charge is 0.573 e. The molecule has 1 aliphatic heterocycles. The minimum atomic E-state index is -4.79. The minimum absolute atomic E-state index is 0.149. The average Bonchev–Trinajstić information content (AvgIpc) is 3.64. The molecule has 1 fully saturated rings. The Hall–Kier alpha value is -5.16. The molecule has 1 aromatic heterocycles. The molecule has 5 rings (SSSR count). The van der Waals surface area contributed by atoms with Gasteiger partial charge in [-0.05, 0) is 60.4 Å². The van der Waals surface area contributed by atoms with Crippen LogP contribution in [0.2, 0.25) is 0 Å². The number of carbonyl (C=O) groups is 2. The lowest BCUT2D eigenvalue weighted by Gasteiger charge is -2.20. The number of aryl methyl sites for hydroxylation is 2. The summed E-state index contributed by atoms with van der Waals surface area (Å²) in [5.41, 5.74) is 4.23. The number of aliphatic imine (C=N–C) groups is 1. The number of nitriles is 1. The molecule has 0 spiro atoms. The van der Waals surface area contributed by atoms with Gasteiger partial charge in [-0.1, -0.05) is 61.5 Å². The van der Waals surface area contributed by atoms with Crippen molar-refractivity contribution in [2.75, 3.05) is 10.7 Å². The Morgan fingerprint density at radius 2 is 1.89 bits per heavy atom. The molecule has 1 saturated heterocycles. The van der Waals surface area contributed by atoms with Gasteiger partial charge in [-0.15, -0.1) is 18.3 Å². The number of alkyl halides is 3. The monoisotopic (exact) mass is 633 g/mol. The normalized spacial score (nSPS) is 14.8. The van der Waals surface area contributed by atoms with Crippen LogP contribution in [0.4, 0.5) is 23.7 Å². The molecule has 45 heavy (non-hydrogen) atoms. The zero-order valence-electron chi connectivity index (χ0n) is 24.1. The summed E-state index contributed by atoms with van der Waals surface area (Å²) < 4.78 is 42.6. The number of halogens is 3. The predicted octanol–water partition coefficient (Wildman–Crippen LogP) is 6.50. The van der Waals surface area contributed by atoms with Gasteiger partial charge in [0.1, 0.15) is 18.1 Å². The highest BCUT2D eigenvalue weighted by Crippen LogP contribution is 2.32. The summed E-state index contributed by atoms with van der Waals surface area (Å²) in [6.07, 6.45) is -1.72. The Balaban J connectivity index is 1.28. The van der Waals surface area contributed by atoms with Crippen LogP contribution in [0.5, 0.6) is 5.75 Å². The summed E-state index contributed by atoms with van der Waals surface area (Å²) in [4.78, 5) is 35.6. The van der Waals surface area contributed by atoms with E-state index in [9.17, 15) is 28.0 Å². The molecule has 1 atom stereocenters. The van der Waals surface area contributed by atoms with Gasteiger partial charge in [-0.25, -0.2) is 14.5 Å². The molecule has 1 unspecified atom stereocenters. The number of rotatable bonds is 8. The fourth-order valence-electron chi connectivity index (χ4n) is 4.62. The van der Waals surface area contributed by atoms with Gasteiger partial charge < -0.3 is 10.1 Å². The third kappa shape index (κ3) is 7.50. The number of anilines is 1. The number of nitrogens with one attached hydrogen (secondary N) is 1. The lowest BCUT2D eigenvalue weighted by Crippen LogP contribution is -2.33. The molecule has 10 nitrogen and oxygen atoms in total. The lowest BCUT2D eigenvalue weighted by atomic mass is 10.0. The van der Waals surface area contributed by atoms with Gasteiger partial charge in [0, 0.05) is 5.56 Å². The Kier molecular flexibility index (Phi) is 9.19. The first kappa shape index (κ1) is 31.3. The minimum Gasteiger partial charge on any atom is -0.406 e. The van der Waals surface area contributed by atoms with E-state index >= 15 is 0 Å². The molecule has 4 aromatic rings. The van der Waals surface area contributed by atoms with Crippen molar-refractivity contribution in [2.45, 2.75) is 39.1 Å². The molecule has 0 saturated carbocycles. The van der Waals surface area contributed by atoms with E-state index in [1.807, 2.05) is 32.0 Å². The average molecular weight is 634 g/mol. The number of hydrogen-bond donors (Lipinski definition) is 1. The van der Waals surface area contributed by atoms with E-state index in [0.717, 1.165) is 35.7 Å². The highest BCUT2D eigenvalue weighted by molar-refractivity contribution is 8.15. The number of aromatic nitrogens is 3. The van der Waals surface area contributed by atoms with Crippen molar-refractivity contribution in [1.29, 1.82) is 5.26 Å². The van der Waals surface area contributed by atoms with E-state index in [4.69, 9.17) is 0 Å². The van der Waals surface area contributed by atoms with Crippen molar-refractivity contribution in [3.63, 3.8) is 0 Å². The number of amides is 3. The maximum atomic E-state index is 12.9. The van der Waals surface area contributed by atoms with Crippen LogP contribution in [0.1, 0.15) is 36.1 Å². The Bertz CT molecular complexity index is 1780. The van der Waals surface area contributed by atoms with Crippen LogP contribution in [0.25, 0.3) is 17.1 Å². The molecule has 1 N–H and O–H groups in total. The number of carbonyl (C=O) groups excluding carboxylic acids is 2. The molecule has 230 valence electrons. The molecule has 0 bridgehead atoms. The zero-order valence-corrected chi connectivity index (χ0v) is 24.9. The van der Waals surface area contributed by atoms with Gasteiger partial charge in [-0.2, -0.15) is 10.3 Å². The topological polar surface area (TPSA) is 126 Å². The first-order valence-corrected chi connectivity index (χ1v) is 14.8. The van der Waals surface area contributed by atoms with Gasteiger partial charge in [0.2, 0.25) is 5.91 Å². The van der Waals surface area contributed by atoms with Gasteiger partial charge in [0.25, 0.3) is 0 Å². The number of urea groups is 1. The van der Waals surface area contributed by atoms with Crippen molar-refractivity contribution < 1.29 is 27.5 Å². The SMILES string of the molecule is CCCc1ccc(C)cc1N1C(=O)CSC1=NC(=O)NC(C#N)c1ccc(-c2ncn(-c3ccc(OC(F)(F)F)cc3)n2)cc1. The van der Waals surface area contributed by atoms with E-state index in [2.05, 4.69) is 31.2 Å². The number of ether oxygens (including phenoxy) is 1. The third-order valence-corrected chi connectivity index (χ3v) is 7.61. The molecule has 14 heteroatoms. The van der Waals surface area contributed by atoms with E-state index < -0.39 is 18.4 Å². The van der Waals surface area contributed by atoms with Crippen molar-refractivity contribution >= 4 is 34.6 Å². The van der Waals surface area contributed by atoms with Crippen LogP contribution in [-0.4, -0.2) is 44.0 Å². The van der Waals surface area contributed by atoms with Crippen LogP contribution in [0.15, 0.2) is 78.0 Å². The van der Waals surface area contributed by atoms with Crippen LogP contribution in [0.3, 0.4) is 0 Å². The first-order chi connectivity index (χ1) is 21.5. The van der Waals surface area contributed by atoms with Gasteiger partial charge >= 0.3 is 12.4 Å². The van der Waals surface area contributed by atoms with Crippen LogP contribution in [0, 0.1) is 18.3 Å². The molecule has 3 amide bonds. The quantitative estimate of drug-likeness (QED) is 0.235. The van der Waals surface area contributed by atoms with Gasteiger partial charge in [0.05, 0.1) is 23.2 Å². The number of thioether (sulfide) groups is 1. The summed E-state index contributed by atoms with van der Waals surface area (Å²) in [5.74, 6) is -0.0443. The smallest absolute Gasteiger partial charge is 0.406 e. The molecule has 1 aliphatic rings. The summed E-state index contributed by atoms with van der Waals surface area (Å²) in [6, 6.07) is 18.0. The van der Waals surface area contributed by atoms with E-state index in [1.54, 1.807) is 24.3 Å². The molecule has 3 aromatic carbocycles. The maximum absolute atomic E-state index is 12.9. The summed E-state index contributed by atoms with van der Waals surface area (Å²) >= 11 is 1.16. The summed E-state index contributed by atoms with van der Waals surface area (Å²) in [5, 5.41) is 17.0. The number of amidine groups is 1. The van der Waals surface area contributed by atoms with Crippen molar-refractivity contribution in [2.24, 2.45) is 4.99 Å². The molecular weight excluding hydrogens is 607 g/mol. The van der Waals surface area contributed by atoms with Crippen molar-refractivity contribution in [1.82, 2.24) is 20.1 Å². The second-order valence-electron chi connectivity index (χ2n) is 9.98. The molecule has 0 radical (unpaired) electrons. The zero-order chi connectivity index (χ0) is 32.1. The highest BCUT2D eigenvalue weighted by Gasteiger charge is 2.32. The van der Waals surface area contributed by atoms with E-state index in [-0.39, 0.29) is 22.6 Å². The lowest BCUT2D eigenvalue weighted by molar-refractivity contribution is -0.274. The van der Waals surface area contributed by atoms with E-state index in [0.29, 0.717) is 28.3 Å². The molecule has 0 aliphatic carbocycles. The third-order valence-electron chi connectivity index (χ3n) is 6.69. The van der Waals surface area contributed by atoms with E-state index in [1.165, 1.54) is 40.2 Å². The Morgan fingerprint density at radius 3 is 2.56 bits per heavy atom. The van der Waals surface area contributed by atoms with Crippen LogP contribution < -0.4 is 15.0 Å². The van der Waals surface area contributed by atoms with Gasteiger partial charge in [-0.3, -0.25) is 9.69 Å². The summed E-state index contributed by atoms with van der Waals surface area (Å²) in [6.45, 7) is 3.98. The predicted molar refractivity (Wildman–Crippen MR) is 163 cm³/mol. The standard InChI is InChI=1S/C31H26F3N7O3S/c1-3-4-21-6-5-19(2)15-26(21)41-27(42)17-45-30(41)38-29(43)37-25(16-35)20-7-9-22(10-8-20)28-36-18-40(39-28)23-11-13-24(14-12-23)44-31(32,33)34/h5-15,18,25H,3-4,17H2,1-2H3,(H,37,43). The van der Waals surface area contributed by atoms with Crippen molar-refractivity contribution in [3.05, 3.63) is 89.7 Å². The van der Waals surface area contributed by atoms with Crippen LogP contribution >= 0.6 is 11.8 Å². The Morgan fingerprint density at radius 1 is 1.16 bits per heavy atom.